The Bertz CT molecular complexity index is 601. The largest absolute Gasteiger partial charge is 1.00 e. The summed E-state index contributed by atoms with van der Waals surface area (Å²) in [5, 5.41) is 0.194. The van der Waals surface area contributed by atoms with Gasteiger partial charge in [-0.05, 0) is 24.7 Å². The maximum absolute atomic E-state index is 12.1. The maximum atomic E-state index is 12.1. The molecule has 0 aromatic carbocycles. The number of hydrogen-bond donors (Lipinski definition) is 0. The van der Waals surface area contributed by atoms with Crippen LogP contribution in [-0.2, 0) is 29.2 Å². The Morgan fingerprint density at radius 3 is 1.66 bits per heavy atom. The summed E-state index contributed by atoms with van der Waals surface area (Å²) in [5.74, 6) is -1.74. The van der Waals surface area contributed by atoms with Crippen molar-refractivity contribution in [2.45, 2.75) is 90.7 Å². The van der Waals surface area contributed by atoms with Crippen LogP contribution in [0.1, 0.15) is 85.5 Å². The van der Waals surface area contributed by atoms with Crippen LogP contribution in [0.5, 0.6) is 0 Å². The summed E-state index contributed by atoms with van der Waals surface area (Å²) in [6.07, 6.45) is 6.58. The fraction of sp³-hybridized carbons (Fsp3) is 0.905. The SMILES string of the molecule is CCCCC(CC)COC(=O)CC(C(=O)OCC(CC)CCCC)S(=O)(=O)[O-].CN=O.[Na+]. The number of esters is 2. The van der Waals surface area contributed by atoms with Crippen LogP contribution in [0.3, 0.4) is 0 Å². The van der Waals surface area contributed by atoms with Gasteiger partial charge in [0.2, 0.25) is 0 Å². The summed E-state index contributed by atoms with van der Waals surface area (Å²) in [4.78, 5) is 32.7. The second kappa shape index (κ2) is 22.3. The molecule has 0 radical (unpaired) electrons. The van der Waals surface area contributed by atoms with E-state index in [-0.39, 0.29) is 54.6 Å². The molecule has 0 rings (SSSR count). The first kappa shape index (κ1) is 36.0. The van der Waals surface area contributed by atoms with Crippen LogP contribution in [0.15, 0.2) is 5.18 Å². The zero-order chi connectivity index (χ0) is 24.3. The van der Waals surface area contributed by atoms with Crippen molar-refractivity contribution in [2.24, 2.45) is 17.0 Å². The van der Waals surface area contributed by atoms with Gasteiger partial charge in [-0.25, -0.2) is 8.42 Å². The molecule has 184 valence electrons. The molecule has 0 aliphatic carbocycles. The van der Waals surface area contributed by atoms with E-state index < -0.39 is 33.7 Å². The smallest absolute Gasteiger partial charge is 0.747 e. The van der Waals surface area contributed by atoms with Crippen LogP contribution >= 0.6 is 0 Å². The van der Waals surface area contributed by atoms with Crippen molar-refractivity contribution in [3.63, 3.8) is 0 Å². The van der Waals surface area contributed by atoms with E-state index in [9.17, 15) is 22.6 Å². The van der Waals surface area contributed by atoms with Crippen LogP contribution < -0.4 is 29.6 Å². The molecule has 0 fully saturated rings. The molecule has 3 unspecified atom stereocenters. The van der Waals surface area contributed by atoms with E-state index in [1.165, 1.54) is 7.05 Å². The van der Waals surface area contributed by atoms with E-state index in [2.05, 4.69) is 19.0 Å². The molecule has 0 aliphatic heterocycles. The minimum atomic E-state index is -5.01. The van der Waals surface area contributed by atoms with Crippen molar-refractivity contribution in [3.05, 3.63) is 4.91 Å². The van der Waals surface area contributed by atoms with Gasteiger partial charge in [0.05, 0.1) is 26.7 Å². The van der Waals surface area contributed by atoms with Gasteiger partial charge in [-0.3, -0.25) is 9.59 Å². The van der Waals surface area contributed by atoms with Gasteiger partial charge < -0.3 is 14.0 Å². The third-order valence-electron chi connectivity index (χ3n) is 4.99. The predicted molar refractivity (Wildman–Crippen MR) is 118 cm³/mol. The first-order valence-corrected chi connectivity index (χ1v) is 12.6. The van der Waals surface area contributed by atoms with Gasteiger partial charge in [-0.2, -0.15) is 4.91 Å². The molecule has 0 bridgehead atoms. The summed E-state index contributed by atoms with van der Waals surface area (Å²) < 4.78 is 44.6. The predicted octanol–water partition coefficient (Wildman–Crippen LogP) is 1.20. The van der Waals surface area contributed by atoms with Gasteiger partial charge in [0, 0.05) is 0 Å². The standard InChI is InChI=1S/C20H38O7S.CH3NO.Na/c1-5-9-11-16(7-3)14-26-19(21)13-18(28(23,24)25)20(22)27-15-17(8-4)12-10-6-2;1-2-3;/h16-18H,5-15H2,1-4H3,(H,23,24,25);1H3;/q;;+1/p-1. The first-order chi connectivity index (χ1) is 14.6. The van der Waals surface area contributed by atoms with Crippen LogP contribution in [0.4, 0.5) is 0 Å². The number of nitrogens with zero attached hydrogens (tertiary/aromatic N) is 1. The topological polar surface area (TPSA) is 139 Å². The molecule has 0 spiro atoms. The maximum Gasteiger partial charge on any atom is 1.00 e. The van der Waals surface area contributed by atoms with Gasteiger partial charge in [-0.1, -0.05) is 71.4 Å². The van der Waals surface area contributed by atoms with Gasteiger partial charge in [0.25, 0.3) is 0 Å². The van der Waals surface area contributed by atoms with Crippen molar-refractivity contribution in [1.82, 2.24) is 0 Å². The Labute approximate surface area is 215 Å². The minimum Gasteiger partial charge on any atom is -0.747 e. The molecular weight excluding hydrogens is 449 g/mol. The quantitative estimate of drug-likeness (QED) is 0.136. The molecule has 0 N–H and O–H groups in total. The van der Waals surface area contributed by atoms with Gasteiger partial charge >= 0.3 is 41.5 Å². The fourth-order valence-corrected chi connectivity index (χ4v) is 3.46. The molecule has 0 heterocycles. The number of nitroso groups, excluding NO2 is 1. The summed E-state index contributed by atoms with van der Waals surface area (Å²) in [6, 6.07) is 0. The van der Waals surface area contributed by atoms with E-state index >= 15 is 0 Å². The van der Waals surface area contributed by atoms with E-state index in [0.29, 0.717) is 0 Å². The summed E-state index contributed by atoms with van der Waals surface area (Å²) >= 11 is 0. The average Bonchev–Trinajstić information content (AvgIpc) is 2.71. The molecule has 11 heteroatoms. The van der Waals surface area contributed by atoms with Crippen LogP contribution in [-0.4, -0.2) is 50.4 Å². The van der Waals surface area contributed by atoms with Gasteiger partial charge in [0.1, 0.15) is 10.1 Å². The second-order valence-corrected chi connectivity index (χ2v) is 9.07. The second-order valence-electron chi connectivity index (χ2n) is 7.51. The Morgan fingerprint density at radius 1 is 0.906 bits per heavy atom. The third kappa shape index (κ3) is 19.0. The summed E-state index contributed by atoms with van der Waals surface area (Å²) in [5.41, 5.74) is 0. The molecular formula is C21H40NNaO8S. The molecule has 0 amide bonds. The Kier molecular flexibility index (Phi) is 25.1. The van der Waals surface area contributed by atoms with E-state index in [0.717, 1.165) is 51.4 Å². The fourth-order valence-electron chi connectivity index (χ4n) is 2.81. The molecule has 32 heavy (non-hydrogen) atoms. The van der Waals surface area contributed by atoms with Gasteiger partial charge in [-0.15, -0.1) is 0 Å². The number of hydrogen-bond acceptors (Lipinski definition) is 9. The Morgan fingerprint density at radius 2 is 1.31 bits per heavy atom. The van der Waals surface area contributed by atoms with Crippen LogP contribution in [0.2, 0.25) is 0 Å². The van der Waals surface area contributed by atoms with Crippen molar-refractivity contribution in [3.8, 4) is 0 Å². The van der Waals surface area contributed by atoms with Crippen molar-refractivity contribution >= 4 is 22.1 Å². The molecule has 0 aromatic rings. The monoisotopic (exact) mass is 489 g/mol. The van der Waals surface area contributed by atoms with Crippen molar-refractivity contribution in [1.29, 1.82) is 0 Å². The molecule has 9 nitrogen and oxygen atoms in total. The zero-order valence-corrected chi connectivity index (χ0v) is 23.4. The summed E-state index contributed by atoms with van der Waals surface area (Å²) in [7, 11) is -3.82. The van der Waals surface area contributed by atoms with Crippen LogP contribution in [0, 0.1) is 16.7 Å². The number of carbonyl (C=O) groups excluding carboxylic acids is 2. The minimum absolute atomic E-state index is 0. The van der Waals surface area contributed by atoms with E-state index in [1.54, 1.807) is 0 Å². The van der Waals surface area contributed by atoms with Gasteiger partial charge in [0.15, 0.2) is 5.25 Å². The zero-order valence-electron chi connectivity index (χ0n) is 20.6. The van der Waals surface area contributed by atoms with Crippen LogP contribution in [0.25, 0.3) is 0 Å². The molecule has 0 saturated carbocycles. The number of unbranched alkanes of at least 4 members (excludes halogenated alkanes) is 2. The average molecular weight is 490 g/mol. The normalized spacial score (nSPS) is 13.4. The van der Waals surface area contributed by atoms with E-state index in [1.807, 2.05) is 13.8 Å². The number of ether oxygens (including phenoxy) is 2. The molecule has 0 aliphatic rings. The number of carbonyl (C=O) groups is 2. The van der Waals surface area contributed by atoms with Crippen molar-refractivity contribution < 1.29 is 61.6 Å². The Hall–Kier alpha value is -0.550. The third-order valence-corrected chi connectivity index (χ3v) is 6.05. The summed E-state index contributed by atoms with van der Waals surface area (Å²) in [6.45, 7) is 8.26. The molecule has 3 atom stereocenters. The van der Waals surface area contributed by atoms with E-state index in [4.69, 9.17) is 14.4 Å². The van der Waals surface area contributed by atoms with Crippen molar-refractivity contribution in [2.75, 3.05) is 20.3 Å². The Balaban J connectivity index is -0.00000198. The molecule has 0 aromatic heterocycles. The first-order valence-electron chi connectivity index (χ1n) is 11.1. The molecule has 0 saturated heterocycles. The number of rotatable bonds is 16.